The van der Waals surface area contributed by atoms with Crippen LogP contribution in [0.4, 0.5) is 0 Å². The standard InChI is InChI=1S/C16H21N3/c1-3-12-6-8-13(9-7-12)14-11-18-19(2)16(14)15-5-4-10-17-15/h6-9,11,15,17H,3-5,10H2,1-2H3. The molecular formula is C16H21N3. The van der Waals surface area contributed by atoms with Crippen molar-refractivity contribution in [2.24, 2.45) is 7.05 Å². The summed E-state index contributed by atoms with van der Waals surface area (Å²) in [6.07, 6.45) is 5.55. The van der Waals surface area contributed by atoms with E-state index in [-0.39, 0.29) is 0 Å². The summed E-state index contributed by atoms with van der Waals surface area (Å²) in [6.45, 7) is 3.30. The molecular weight excluding hydrogens is 234 g/mol. The SMILES string of the molecule is CCc1ccc(-c2cnn(C)c2C2CCCN2)cc1. The molecule has 3 nitrogen and oxygen atoms in total. The van der Waals surface area contributed by atoms with Crippen LogP contribution in [-0.2, 0) is 13.5 Å². The number of nitrogens with zero attached hydrogens (tertiary/aromatic N) is 2. The summed E-state index contributed by atoms with van der Waals surface area (Å²) in [5.74, 6) is 0. The topological polar surface area (TPSA) is 29.9 Å². The monoisotopic (exact) mass is 255 g/mol. The summed E-state index contributed by atoms with van der Waals surface area (Å²) in [4.78, 5) is 0. The van der Waals surface area contributed by atoms with Crippen LogP contribution in [0.3, 0.4) is 0 Å². The second kappa shape index (κ2) is 5.17. The Morgan fingerprint density at radius 3 is 2.74 bits per heavy atom. The quantitative estimate of drug-likeness (QED) is 0.913. The lowest BCUT2D eigenvalue weighted by molar-refractivity contribution is 0.575. The van der Waals surface area contributed by atoms with Crippen LogP contribution in [0, 0.1) is 0 Å². The molecule has 1 N–H and O–H groups in total. The summed E-state index contributed by atoms with van der Waals surface area (Å²) >= 11 is 0. The van der Waals surface area contributed by atoms with Gasteiger partial charge in [0.05, 0.1) is 11.9 Å². The van der Waals surface area contributed by atoms with Crippen LogP contribution < -0.4 is 5.32 Å². The fraction of sp³-hybridized carbons (Fsp3) is 0.438. The Labute approximate surface area is 114 Å². The predicted molar refractivity (Wildman–Crippen MR) is 78.0 cm³/mol. The average molecular weight is 255 g/mol. The van der Waals surface area contributed by atoms with Gasteiger partial charge in [-0.3, -0.25) is 4.68 Å². The van der Waals surface area contributed by atoms with E-state index in [0.717, 1.165) is 13.0 Å². The zero-order valence-electron chi connectivity index (χ0n) is 11.7. The second-order valence-electron chi connectivity index (χ2n) is 5.27. The van der Waals surface area contributed by atoms with Crippen molar-refractivity contribution >= 4 is 0 Å². The minimum absolute atomic E-state index is 0.452. The van der Waals surface area contributed by atoms with Gasteiger partial charge in [0.1, 0.15) is 0 Å². The summed E-state index contributed by atoms with van der Waals surface area (Å²) in [6, 6.07) is 9.32. The van der Waals surface area contributed by atoms with Crippen LogP contribution in [0.1, 0.15) is 37.1 Å². The molecule has 2 heterocycles. The van der Waals surface area contributed by atoms with Crippen molar-refractivity contribution in [3.63, 3.8) is 0 Å². The second-order valence-corrected chi connectivity index (χ2v) is 5.27. The van der Waals surface area contributed by atoms with Crippen LogP contribution in [0.25, 0.3) is 11.1 Å². The highest BCUT2D eigenvalue weighted by atomic mass is 15.3. The highest BCUT2D eigenvalue weighted by molar-refractivity contribution is 5.66. The third-order valence-corrected chi connectivity index (χ3v) is 4.05. The Hall–Kier alpha value is -1.61. The highest BCUT2D eigenvalue weighted by Crippen LogP contribution is 2.32. The zero-order valence-corrected chi connectivity index (χ0v) is 11.7. The molecule has 0 aliphatic carbocycles. The molecule has 100 valence electrons. The van der Waals surface area contributed by atoms with E-state index in [0.29, 0.717) is 6.04 Å². The van der Waals surface area contributed by atoms with Gasteiger partial charge in [0, 0.05) is 18.7 Å². The molecule has 1 aromatic heterocycles. The van der Waals surface area contributed by atoms with E-state index in [9.17, 15) is 0 Å². The van der Waals surface area contributed by atoms with Crippen LogP contribution in [-0.4, -0.2) is 16.3 Å². The molecule has 3 heteroatoms. The molecule has 1 unspecified atom stereocenters. The van der Waals surface area contributed by atoms with Gasteiger partial charge in [0.15, 0.2) is 0 Å². The molecule has 0 spiro atoms. The van der Waals surface area contributed by atoms with Crippen LogP contribution in [0.15, 0.2) is 30.5 Å². The number of aryl methyl sites for hydroxylation is 2. The van der Waals surface area contributed by atoms with E-state index in [2.05, 4.69) is 41.6 Å². The predicted octanol–water partition coefficient (Wildman–Crippen LogP) is 3.07. The first-order valence-corrected chi connectivity index (χ1v) is 7.14. The smallest absolute Gasteiger partial charge is 0.0628 e. The van der Waals surface area contributed by atoms with Crippen LogP contribution in [0.5, 0.6) is 0 Å². The first-order chi connectivity index (χ1) is 9.29. The van der Waals surface area contributed by atoms with E-state index >= 15 is 0 Å². The molecule has 1 aliphatic heterocycles. The summed E-state index contributed by atoms with van der Waals surface area (Å²) in [5.41, 5.74) is 5.24. The Morgan fingerprint density at radius 2 is 2.11 bits per heavy atom. The van der Waals surface area contributed by atoms with Gasteiger partial charge < -0.3 is 5.32 Å². The number of nitrogens with one attached hydrogen (secondary N) is 1. The Bertz CT molecular complexity index is 548. The number of rotatable bonds is 3. The zero-order chi connectivity index (χ0) is 13.2. The van der Waals surface area contributed by atoms with E-state index in [1.807, 2.05) is 17.9 Å². The van der Waals surface area contributed by atoms with Gasteiger partial charge in [-0.15, -0.1) is 0 Å². The van der Waals surface area contributed by atoms with Crippen molar-refractivity contribution in [2.75, 3.05) is 6.54 Å². The molecule has 19 heavy (non-hydrogen) atoms. The molecule has 2 aromatic rings. The van der Waals surface area contributed by atoms with Gasteiger partial charge in [-0.25, -0.2) is 0 Å². The van der Waals surface area contributed by atoms with Crippen LogP contribution >= 0.6 is 0 Å². The fourth-order valence-electron chi connectivity index (χ4n) is 2.92. The molecule has 0 amide bonds. The summed E-state index contributed by atoms with van der Waals surface area (Å²) in [7, 11) is 2.04. The van der Waals surface area contributed by atoms with Gasteiger partial charge in [0.2, 0.25) is 0 Å². The molecule has 1 atom stereocenters. The number of hydrogen-bond acceptors (Lipinski definition) is 2. The van der Waals surface area contributed by atoms with E-state index in [1.165, 1.54) is 35.2 Å². The maximum absolute atomic E-state index is 4.46. The highest BCUT2D eigenvalue weighted by Gasteiger charge is 2.23. The van der Waals surface area contributed by atoms with Gasteiger partial charge in [-0.2, -0.15) is 5.10 Å². The van der Waals surface area contributed by atoms with Crippen molar-refractivity contribution in [3.05, 3.63) is 41.7 Å². The van der Waals surface area contributed by atoms with Crippen molar-refractivity contribution in [1.82, 2.24) is 15.1 Å². The molecule has 1 fully saturated rings. The number of hydrogen-bond donors (Lipinski definition) is 1. The maximum atomic E-state index is 4.46. The van der Waals surface area contributed by atoms with Crippen molar-refractivity contribution in [2.45, 2.75) is 32.2 Å². The molecule has 0 saturated carbocycles. The van der Waals surface area contributed by atoms with E-state index < -0.39 is 0 Å². The van der Waals surface area contributed by atoms with Gasteiger partial charge >= 0.3 is 0 Å². The van der Waals surface area contributed by atoms with E-state index in [4.69, 9.17) is 0 Å². The lowest BCUT2D eigenvalue weighted by Crippen LogP contribution is -2.17. The lowest BCUT2D eigenvalue weighted by atomic mass is 10.00. The first-order valence-electron chi connectivity index (χ1n) is 7.14. The number of aromatic nitrogens is 2. The molecule has 1 aromatic carbocycles. The minimum atomic E-state index is 0.452. The van der Waals surface area contributed by atoms with Crippen molar-refractivity contribution < 1.29 is 0 Å². The van der Waals surface area contributed by atoms with Crippen molar-refractivity contribution in [1.29, 1.82) is 0 Å². The molecule has 3 rings (SSSR count). The average Bonchev–Trinajstić information content (AvgIpc) is 3.08. The first kappa shape index (κ1) is 12.4. The fourth-order valence-corrected chi connectivity index (χ4v) is 2.92. The lowest BCUT2D eigenvalue weighted by Gasteiger charge is -2.14. The van der Waals surface area contributed by atoms with Crippen molar-refractivity contribution in [3.8, 4) is 11.1 Å². The molecule has 0 bridgehead atoms. The van der Waals surface area contributed by atoms with Gasteiger partial charge in [-0.1, -0.05) is 31.2 Å². The summed E-state index contributed by atoms with van der Waals surface area (Å²) in [5, 5.41) is 8.03. The maximum Gasteiger partial charge on any atom is 0.0628 e. The molecule has 0 radical (unpaired) electrons. The van der Waals surface area contributed by atoms with E-state index in [1.54, 1.807) is 0 Å². The molecule has 1 aliphatic rings. The van der Waals surface area contributed by atoms with Gasteiger partial charge in [0.25, 0.3) is 0 Å². The Morgan fingerprint density at radius 1 is 1.32 bits per heavy atom. The molecule has 1 saturated heterocycles. The largest absolute Gasteiger partial charge is 0.309 e. The Kier molecular flexibility index (Phi) is 3.38. The van der Waals surface area contributed by atoms with Crippen LogP contribution in [0.2, 0.25) is 0 Å². The van der Waals surface area contributed by atoms with Gasteiger partial charge in [-0.05, 0) is 36.9 Å². The Balaban J connectivity index is 1.99. The minimum Gasteiger partial charge on any atom is -0.309 e. The third kappa shape index (κ3) is 2.30. The normalized spacial score (nSPS) is 18.9. The summed E-state index contributed by atoms with van der Waals surface area (Å²) < 4.78 is 2.02. The number of benzene rings is 1. The third-order valence-electron chi connectivity index (χ3n) is 4.05.